The van der Waals surface area contributed by atoms with Crippen LogP contribution in [0, 0.1) is 5.92 Å². The van der Waals surface area contributed by atoms with Crippen molar-refractivity contribution in [3.63, 3.8) is 0 Å². The van der Waals surface area contributed by atoms with Crippen LogP contribution < -0.4 is 4.90 Å². The molecule has 1 fully saturated rings. The lowest BCUT2D eigenvalue weighted by atomic mass is 10.1. The van der Waals surface area contributed by atoms with Crippen molar-refractivity contribution in [1.29, 1.82) is 0 Å². The molecular formula is C13H18N2O2. The van der Waals surface area contributed by atoms with Crippen molar-refractivity contribution < 1.29 is 9.90 Å². The Labute approximate surface area is 101 Å². The van der Waals surface area contributed by atoms with Crippen molar-refractivity contribution in [1.82, 2.24) is 4.98 Å². The Balaban J connectivity index is 2.12. The van der Waals surface area contributed by atoms with Crippen LogP contribution in [0.1, 0.15) is 36.0 Å². The predicted octanol–water partition coefficient (Wildman–Crippen LogP) is 2.41. The first-order valence-electron chi connectivity index (χ1n) is 6.07. The summed E-state index contributed by atoms with van der Waals surface area (Å²) in [7, 11) is 1.96. The summed E-state index contributed by atoms with van der Waals surface area (Å²) in [5.41, 5.74) is 1.05. The minimum atomic E-state index is -0.911. The topological polar surface area (TPSA) is 53.4 Å². The fourth-order valence-electron chi connectivity index (χ4n) is 2.56. The standard InChI is InChI=1S/C13H18N2O2/c1-15(9-10-4-2-3-5-10)12-6-7-14-8-11(12)13(16)17/h6-8,10H,2-5,9H2,1H3,(H,16,17). The van der Waals surface area contributed by atoms with Crippen LogP contribution in [0.25, 0.3) is 0 Å². The van der Waals surface area contributed by atoms with Gasteiger partial charge < -0.3 is 10.0 Å². The molecule has 0 atom stereocenters. The van der Waals surface area contributed by atoms with Crippen molar-refractivity contribution in [2.24, 2.45) is 5.92 Å². The van der Waals surface area contributed by atoms with E-state index in [2.05, 4.69) is 4.98 Å². The second kappa shape index (κ2) is 5.17. The first kappa shape index (κ1) is 11.9. The summed E-state index contributed by atoms with van der Waals surface area (Å²) in [6, 6.07) is 1.78. The van der Waals surface area contributed by atoms with Crippen LogP contribution in [-0.4, -0.2) is 29.7 Å². The highest BCUT2D eigenvalue weighted by atomic mass is 16.4. The molecule has 0 bridgehead atoms. The van der Waals surface area contributed by atoms with Gasteiger partial charge in [-0.05, 0) is 24.8 Å². The summed E-state index contributed by atoms with van der Waals surface area (Å²) in [4.78, 5) is 17.0. The Morgan fingerprint density at radius 1 is 1.53 bits per heavy atom. The summed E-state index contributed by atoms with van der Waals surface area (Å²) >= 11 is 0. The number of anilines is 1. The molecule has 1 N–H and O–H groups in total. The van der Waals surface area contributed by atoms with E-state index in [0.717, 1.165) is 12.2 Å². The van der Waals surface area contributed by atoms with E-state index in [9.17, 15) is 4.79 Å². The van der Waals surface area contributed by atoms with Gasteiger partial charge in [-0.25, -0.2) is 4.79 Å². The van der Waals surface area contributed by atoms with Crippen LogP contribution in [0.5, 0.6) is 0 Å². The summed E-state index contributed by atoms with van der Waals surface area (Å²) in [5, 5.41) is 9.11. The largest absolute Gasteiger partial charge is 0.478 e. The van der Waals surface area contributed by atoms with Crippen LogP contribution in [-0.2, 0) is 0 Å². The van der Waals surface area contributed by atoms with Crippen molar-refractivity contribution in [3.8, 4) is 0 Å². The molecule has 1 aromatic rings. The van der Waals surface area contributed by atoms with Gasteiger partial charge in [0.2, 0.25) is 0 Å². The second-order valence-electron chi connectivity index (χ2n) is 4.73. The normalized spacial score (nSPS) is 16.1. The molecule has 0 saturated heterocycles. The van der Waals surface area contributed by atoms with Gasteiger partial charge in [0, 0.05) is 26.0 Å². The summed E-state index contributed by atoms with van der Waals surface area (Å²) in [6.07, 6.45) is 8.20. The van der Waals surface area contributed by atoms with E-state index in [1.807, 2.05) is 11.9 Å². The zero-order valence-electron chi connectivity index (χ0n) is 10.1. The maximum Gasteiger partial charge on any atom is 0.339 e. The third-order valence-electron chi connectivity index (χ3n) is 3.45. The monoisotopic (exact) mass is 234 g/mol. The molecule has 1 aromatic heterocycles. The number of carboxylic acids is 1. The first-order valence-corrected chi connectivity index (χ1v) is 6.07. The lowest BCUT2D eigenvalue weighted by molar-refractivity contribution is 0.0697. The van der Waals surface area contributed by atoms with E-state index >= 15 is 0 Å². The van der Waals surface area contributed by atoms with Crippen LogP contribution in [0.4, 0.5) is 5.69 Å². The third kappa shape index (κ3) is 2.75. The van der Waals surface area contributed by atoms with Gasteiger partial charge in [-0.2, -0.15) is 0 Å². The lowest BCUT2D eigenvalue weighted by Crippen LogP contribution is -2.25. The van der Waals surface area contributed by atoms with Crippen molar-refractivity contribution in [3.05, 3.63) is 24.0 Å². The number of hydrogen-bond donors (Lipinski definition) is 1. The maximum absolute atomic E-state index is 11.1. The number of nitrogens with zero attached hydrogens (tertiary/aromatic N) is 2. The molecule has 92 valence electrons. The van der Waals surface area contributed by atoms with Crippen molar-refractivity contribution >= 4 is 11.7 Å². The van der Waals surface area contributed by atoms with E-state index in [0.29, 0.717) is 5.92 Å². The third-order valence-corrected chi connectivity index (χ3v) is 3.45. The Morgan fingerprint density at radius 3 is 2.88 bits per heavy atom. The Kier molecular flexibility index (Phi) is 3.61. The van der Waals surface area contributed by atoms with Gasteiger partial charge >= 0.3 is 5.97 Å². The van der Waals surface area contributed by atoms with E-state index in [1.165, 1.54) is 31.9 Å². The number of carboxylic acid groups (broad SMARTS) is 1. The van der Waals surface area contributed by atoms with Gasteiger partial charge in [0.05, 0.1) is 5.69 Å². The number of carbonyl (C=O) groups is 1. The molecule has 0 aromatic carbocycles. The smallest absolute Gasteiger partial charge is 0.339 e. The molecule has 1 saturated carbocycles. The fraction of sp³-hybridized carbons (Fsp3) is 0.538. The average molecular weight is 234 g/mol. The average Bonchev–Trinajstić information content (AvgIpc) is 2.81. The quantitative estimate of drug-likeness (QED) is 0.869. The number of pyridine rings is 1. The van der Waals surface area contributed by atoms with Gasteiger partial charge in [0.25, 0.3) is 0 Å². The van der Waals surface area contributed by atoms with Crippen LogP contribution in [0.15, 0.2) is 18.5 Å². The lowest BCUT2D eigenvalue weighted by Gasteiger charge is -2.24. The van der Waals surface area contributed by atoms with Gasteiger partial charge in [-0.3, -0.25) is 4.98 Å². The zero-order valence-corrected chi connectivity index (χ0v) is 10.1. The van der Waals surface area contributed by atoms with Crippen LogP contribution in [0.3, 0.4) is 0 Å². The predicted molar refractivity (Wildman–Crippen MR) is 66.4 cm³/mol. The van der Waals surface area contributed by atoms with Crippen molar-refractivity contribution in [2.75, 3.05) is 18.5 Å². The molecular weight excluding hydrogens is 216 g/mol. The molecule has 0 amide bonds. The second-order valence-corrected chi connectivity index (χ2v) is 4.73. The fourth-order valence-corrected chi connectivity index (χ4v) is 2.56. The highest BCUT2D eigenvalue weighted by molar-refractivity contribution is 5.93. The SMILES string of the molecule is CN(CC1CCCC1)c1ccncc1C(=O)O. The molecule has 4 heteroatoms. The van der Waals surface area contributed by atoms with E-state index in [1.54, 1.807) is 12.3 Å². The Morgan fingerprint density at radius 2 is 2.24 bits per heavy atom. The first-order chi connectivity index (χ1) is 8.18. The number of hydrogen-bond acceptors (Lipinski definition) is 3. The van der Waals surface area contributed by atoms with E-state index in [-0.39, 0.29) is 5.56 Å². The molecule has 2 rings (SSSR count). The molecule has 0 radical (unpaired) electrons. The summed E-state index contributed by atoms with van der Waals surface area (Å²) < 4.78 is 0. The minimum Gasteiger partial charge on any atom is -0.478 e. The highest BCUT2D eigenvalue weighted by Gasteiger charge is 2.19. The molecule has 0 aliphatic heterocycles. The highest BCUT2D eigenvalue weighted by Crippen LogP contribution is 2.27. The molecule has 4 nitrogen and oxygen atoms in total. The maximum atomic E-state index is 11.1. The summed E-state index contributed by atoms with van der Waals surface area (Å²) in [6.45, 7) is 0.935. The number of aromatic carboxylic acids is 1. The van der Waals surface area contributed by atoms with Gasteiger partial charge in [-0.1, -0.05) is 12.8 Å². The van der Waals surface area contributed by atoms with Gasteiger partial charge in [0.1, 0.15) is 5.56 Å². The molecule has 17 heavy (non-hydrogen) atoms. The van der Waals surface area contributed by atoms with Gasteiger partial charge in [0.15, 0.2) is 0 Å². The van der Waals surface area contributed by atoms with E-state index in [4.69, 9.17) is 5.11 Å². The van der Waals surface area contributed by atoms with E-state index < -0.39 is 5.97 Å². The molecule has 0 spiro atoms. The van der Waals surface area contributed by atoms with Crippen LogP contribution >= 0.6 is 0 Å². The number of rotatable bonds is 4. The zero-order chi connectivity index (χ0) is 12.3. The molecule has 1 heterocycles. The Hall–Kier alpha value is -1.58. The van der Waals surface area contributed by atoms with Crippen LogP contribution in [0.2, 0.25) is 0 Å². The van der Waals surface area contributed by atoms with Gasteiger partial charge in [-0.15, -0.1) is 0 Å². The minimum absolute atomic E-state index is 0.285. The van der Waals surface area contributed by atoms with Crippen molar-refractivity contribution in [2.45, 2.75) is 25.7 Å². The number of aromatic nitrogens is 1. The molecule has 1 aliphatic carbocycles. The molecule has 1 aliphatic rings. The molecule has 0 unspecified atom stereocenters. The Bertz CT molecular complexity index is 400. The summed E-state index contributed by atoms with van der Waals surface area (Å²) in [5.74, 6) is -0.207.